The second-order valence-electron chi connectivity index (χ2n) is 1.81. The molecule has 1 heterocycles. The van der Waals surface area contributed by atoms with Crippen LogP contribution in [0.2, 0.25) is 0 Å². The molecule has 1 aliphatic heterocycles. The van der Waals surface area contributed by atoms with Crippen molar-refractivity contribution in [3.05, 3.63) is 6.92 Å². The second-order valence-corrected chi connectivity index (χ2v) is 1.81. The number of ether oxygens (including phenoxy) is 2. The van der Waals surface area contributed by atoms with Gasteiger partial charge in [-0.3, -0.25) is 0 Å². The van der Waals surface area contributed by atoms with E-state index in [1.807, 2.05) is 0 Å². The van der Waals surface area contributed by atoms with Gasteiger partial charge in [0.15, 0.2) is 6.29 Å². The average Bonchev–Trinajstić information content (AvgIpc) is 2.46. The molecule has 1 saturated heterocycles. The Bertz CT molecular complexity index is 66.8. The first-order chi connectivity index (χ1) is 4.93. The van der Waals surface area contributed by atoms with Crippen LogP contribution in [-0.2, 0) is 25.8 Å². The second kappa shape index (κ2) is 8.12. The van der Waals surface area contributed by atoms with E-state index in [1.54, 1.807) is 0 Å². The van der Waals surface area contributed by atoms with Crippen LogP contribution in [0.25, 0.3) is 0 Å². The molecule has 0 atom stereocenters. The van der Waals surface area contributed by atoms with E-state index in [2.05, 4.69) is 20.5 Å². The topological polar surface area (TPSA) is 18.5 Å². The van der Waals surface area contributed by atoms with Crippen LogP contribution < -0.4 is 0 Å². The molecule has 0 aromatic carbocycles. The Kier molecular flexibility index (Phi) is 8.95. The maximum absolute atomic E-state index is 5.13. The normalized spacial score (nSPS) is 18.4. The van der Waals surface area contributed by atoms with E-state index in [0.29, 0.717) is 0 Å². The summed E-state index contributed by atoms with van der Waals surface area (Å²) in [5.41, 5.74) is 0. The van der Waals surface area contributed by atoms with Crippen molar-refractivity contribution in [2.75, 3.05) is 13.2 Å². The molecule has 1 aliphatic rings. The Hall–Kier alpha value is 1.02. The molecule has 2 nitrogen and oxygen atoms in total. The van der Waals surface area contributed by atoms with Gasteiger partial charge in [-0.15, -0.1) is 0 Å². The fraction of sp³-hybridized carbons (Fsp3) is 0.833. The number of halogens is 1. The molecule has 0 aliphatic carbocycles. The Morgan fingerprint density at radius 3 is 2.30 bits per heavy atom. The van der Waals surface area contributed by atoms with E-state index in [4.69, 9.17) is 9.47 Å². The van der Waals surface area contributed by atoms with E-state index in [0.717, 1.165) is 26.1 Å². The summed E-state index contributed by atoms with van der Waals surface area (Å²) < 4.78 is 10.3. The average molecular weight is 260 g/mol. The zero-order valence-corrected chi connectivity index (χ0v) is 10.6. The summed E-state index contributed by atoms with van der Waals surface area (Å²) in [7, 11) is 0. The Balaban J connectivity index is 0.000000371. The van der Waals surface area contributed by atoms with Crippen LogP contribution in [0.4, 0.5) is 0 Å². The Labute approximate surface area is 78.7 Å². The van der Waals surface area contributed by atoms with Crippen molar-refractivity contribution in [2.24, 2.45) is 0 Å². The summed E-state index contributed by atoms with van der Waals surface area (Å²) in [4.78, 5) is 0. The third-order valence-corrected chi connectivity index (χ3v) is 1.13. The summed E-state index contributed by atoms with van der Waals surface area (Å²) in [6, 6.07) is 0. The quantitative estimate of drug-likeness (QED) is 0.557. The molecular weight excluding hydrogens is 249 g/mol. The van der Waals surface area contributed by atoms with Gasteiger partial charge in [0.25, 0.3) is 0 Å². The third kappa shape index (κ3) is 4.78. The first-order valence-electron chi connectivity index (χ1n) is 3.22. The minimum absolute atomic E-state index is 0.0486. The van der Waals surface area contributed by atoms with Crippen LogP contribution in [-0.4, -0.2) is 19.5 Å². The summed E-state index contributed by atoms with van der Waals surface area (Å²) >= 11 is 4.25. The van der Waals surface area contributed by atoms with Gasteiger partial charge in [-0.25, -0.2) is 0 Å². The molecule has 0 saturated carbocycles. The van der Waals surface area contributed by atoms with Gasteiger partial charge < -0.3 is 16.4 Å². The predicted octanol–water partition coefficient (Wildman–Crippen LogP) is 1.82. The van der Waals surface area contributed by atoms with Gasteiger partial charge in [0, 0.05) is 0 Å². The van der Waals surface area contributed by atoms with E-state index < -0.39 is 0 Å². The zero-order valence-electron chi connectivity index (χ0n) is 6.01. The van der Waals surface area contributed by atoms with E-state index in [-0.39, 0.29) is 6.29 Å². The van der Waals surface area contributed by atoms with Gasteiger partial charge in [0.2, 0.25) is 0 Å². The number of hydrogen-bond donors (Lipinski definition) is 0. The van der Waals surface area contributed by atoms with Gasteiger partial charge in [0.05, 0.1) is 13.2 Å². The molecule has 0 N–H and O–H groups in total. The molecule has 0 amide bonds. The van der Waals surface area contributed by atoms with Crippen LogP contribution in [0.5, 0.6) is 0 Å². The van der Waals surface area contributed by atoms with Gasteiger partial charge in [-0.1, -0.05) is 0 Å². The molecule has 0 aromatic heterocycles. The van der Waals surface area contributed by atoms with Crippen molar-refractivity contribution in [3.8, 4) is 0 Å². The summed E-state index contributed by atoms with van der Waals surface area (Å²) in [5.74, 6) is 0. The van der Waals surface area contributed by atoms with Gasteiger partial charge in [-0.05, 0) is 6.42 Å². The van der Waals surface area contributed by atoms with Crippen molar-refractivity contribution >= 4 is 13.6 Å². The summed E-state index contributed by atoms with van der Waals surface area (Å²) in [6.07, 6.45) is 1.87. The van der Waals surface area contributed by atoms with Crippen LogP contribution in [0.3, 0.4) is 0 Å². The molecule has 1 rings (SSSR count). The van der Waals surface area contributed by atoms with E-state index in [1.165, 1.54) is 16.3 Å². The molecule has 0 spiro atoms. The van der Waals surface area contributed by atoms with E-state index >= 15 is 0 Å². The van der Waals surface area contributed by atoms with Crippen molar-refractivity contribution in [1.82, 2.24) is 0 Å². The predicted molar refractivity (Wildman–Crippen MR) is 39.2 cm³/mol. The van der Waals surface area contributed by atoms with E-state index in [9.17, 15) is 0 Å². The van der Waals surface area contributed by atoms with Gasteiger partial charge in [-0.2, -0.15) is 6.42 Å². The van der Waals surface area contributed by atoms with Gasteiger partial charge >= 0.3 is 30.0 Å². The van der Waals surface area contributed by atoms with Crippen molar-refractivity contribution in [2.45, 2.75) is 19.1 Å². The Morgan fingerprint density at radius 1 is 1.40 bits per heavy atom. The first-order valence-corrected chi connectivity index (χ1v) is 10.2. The van der Waals surface area contributed by atoms with Crippen LogP contribution in [0.15, 0.2) is 0 Å². The maximum atomic E-state index is 5.13. The summed E-state index contributed by atoms with van der Waals surface area (Å²) in [5, 5.41) is 0. The monoisotopic (exact) mass is 258 g/mol. The fourth-order valence-corrected chi connectivity index (χ4v) is 0.741. The van der Waals surface area contributed by atoms with Crippen LogP contribution in [0, 0.1) is 6.92 Å². The van der Waals surface area contributed by atoms with Crippen molar-refractivity contribution < 1.29 is 25.8 Å². The number of hydrogen-bond acceptors (Lipinski definition) is 2. The zero-order chi connectivity index (χ0) is 7.82. The molecule has 0 bridgehead atoms. The first kappa shape index (κ1) is 11.0. The Morgan fingerprint density at radius 2 is 1.90 bits per heavy atom. The molecule has 4 heteroatoms. The summed E-state index contributed by atoms with van der Waals surface area (Å²) in [6.45, 7) is 5.20. The third-order valence-electron chi connectivity index (χ3n) is 1.13. The van der Waals surface area contributed by atoms with Crippen LogP contribution >= 0.6 is 13.6 Å². The fourth-order valence-electron chi connectivity index (χ4n) is 0.741. The van der Waals surface area contributed by atoms with Crippen molar-refractivity contribution in [3.63, 3.8) is 0 Å². The molecule has 0 unspecified atom stereocenters. The SMILES string of the molecule is [CH2-]CCC1OCCO1.[Zn+][Br]. The molecule has 10 heavy (non-hydrogen) atoms. The van der Waals surface area contributed by atoms with Crippen molar-refractivity contribution in [1.29, 1.82) is 0 Å². The molecule has 0 aromatic rings. The van der Waals surface area contributed by atoms with Gasteiger partial charge in [0.1, 0.15) is 0 Å². The number of rotatable bonds is 2. The molecule has 1 fully saturated rings. The van der Waals surface area contributed by atoms with Crippen LogP contribution in [0.1, 0.15) is 12.8 Å². The molecule has 0 radical (unpaired) electrons. The standard InChI is InChI=1S/C6H11O2.BrH.Zn/c1-2-3-6-7-4-5-8-6;;/h6H,1-5H2;1H;/q-1;;+2/p-1. The molecular formula is C6H11BrO2Zn. The minimum atomic E-state index is 0.0486. The molecule has 56 valence electrons.